The zero-order valence-electron chi connectivity index (χ0n) is 9.74. The number of nitrogens with two attached hydrogens (primary N) is 1. The highest BCUT2D eigenvalue weighted by molar-refractivity contribution is 6.17. The minimum absolute atomic E-state index is 0.591. The maximum Gasteiger partial charge on any atom is 0.127 e. The molecule has 0 aliphatic carbocycles. The van der Waals surface area contributed by atoms with Gasteiger partial charge in [-0.3, -0.25) is 0 Å². The van der Waals surface area contributed by atoms with Gasteiger partial charge < -0.3 is 10.5 Å². The highest BCUT2D eigenvalue weighted by atomic mass is 35.5. The summed E-state index contributed by atoms with van der Waals surface area (Å²) >= 11 is 5.69. The number of fused-ring (bicyclic) bond motifs is 1. The van der Waals surface area contributed by atoms with E-state index in [1.54, 1.807) is 7.11 Å². The summed E-state index contributed by atoms with van der Waals surface area (Å²) in [5.41, 5.74) is 7.85. The molecule has 17 heavy (non-hydrogen) atoms. The minimum Gasteiger partial charge on any atom is -0.497 e. The van der Waals surface area contributed by atoms with Crippen LogP contribution in [0.3, 0.4) is 0 Å². The fourth-order valence-electron chi connectivity index (χ4n) is 1.80. The van der Waals surface area contributed by atoms with E-state index in [2.05, 4.69) is 11.1 Å². The van der Waals surface area contributed by atoms with Crippen molar-refractivity contribution in [1.29, 1.82) is 0 Å². The van der Waals surface area contributed by atoms with E-state index in [1.165, 1.54) is 0 Å². The third-order valence-corrected chi connectivity index (χ3v) is 2.98. The Morgan fingerprint density at radius 3 is 2.88 bits per heavy atom. The molecular formula is C13H15ClN2O. The number of nitrogens with zero attached hydrogens (tertiary/aromatic N) is 1. The summed E-state index contributed by atoms with van der Waals surface area (Å²) in [6.45, 7) is 0. The van der Waals surface area contributed by atoms with E-state index >= 15 is 0 Å². The Balaban J connectivity index is 2.44. The molecule has 2 aromatic rings. The van der Waals surface area contributed by atoms with Crippen molar-refractivity contribution in [3.05, 3.63) is 29.8 Å². The molecule has 1 heterocycles. The van der Waals surface area contributed by atoms with E-state index in [0.29, 0.717) is 11.7 Å². The number of rotatable bonds is 4. The Labute approximate surface area is 106 Å². The van der Waals surface area contributed by atoms with Gasteiger partial charge in [0.15, 0.2) is 0 Å². The zero-order chi connectivity index (χ0) is 12.3. The molecule has 0 saturated heterocycles. The van der Waals surface area contributed by atoms with Crippen LogP contribution < -0.4 is 10.5 Å². The molecule has 4 heteroatoms. The van der Waals surface area contributed by atoms with Crippen LogP contribution in [0.4, 0.5) is 5.82 Å². The number of aromatic nitrogens is 1. The monoisotopic (exact) mass is 250 g/mol. The Morgan fingerprint density at radius 1 is 1.35 bits per heavy atom. The van der Waals surface area contributed by atoms with Gasteiger partial charge in [-0.25, -0.2) is 4.98 Å². The number of methoxy groups -OCH3 is 1. The first-order valence-electron chi connectivity index (χ1n) is 5.53. The molecule has 0 spiro atoms. The molecule has 0 atom stereocenters. The molecule has 2 N–H and O–H groups in total. The Morgan fingerprint density at radius 2 is 2.18 bits per heavy atom. The number of anilines is 1. The third kappa shape index (κ3) is 2.61. The van der Waals surface area contributed by atoms with Crippen molar-refractivity contribution in [2.75, 3.05) is 18.7 Å². The maximum atomic E-state index is 5.91. The molecule has 0 saturated carbocycles. The lowest BCUT2D eigenvalue weighted by Crippen LogP contribution is -1.99. The second-order valence-electron chi connectivity index (χ2n) is 3.88. The van der Waals surface area contributed by atoms with Gasteiger partial charge in [-0.1, -0.05) is 0 Å². The van der Waals surface area contributed by atoms with Gasteiger partial charge in [-0.05, 0) is 42.7 Å². The van der Waals surface area contributed by atoms with E-state index in [4.69, 9.17) is 22.1 Å². The van der Waals surface area contributed by atoms with E-state index in [-0.39, 0.29) is 0 Å². The van der Waals surface area contributed by atoms with Gasteiger partial charge in [0.05, 0.1) is 12.6 Å². The van der Waals surface area contributed by atoms with Crippen LogP contribution >= 0.6 is 11.6 Å². The SMILES string of the molecule is COc1ccc2nc(N)c(CCCCl)cc2c1. The average Bonchev–Trinajstić information content (AvgIpc) is 2.35. The van der Waals surface area contributed by atoms with Crippen LogP contribution in [0.25, 0.3) is 10.9 Å². The number of aryl methyl sites for hydroxylation is 1. The quantitative estimate of drug-likeness (QED) is 0.849. The molecule has 3 nitrogen and oxygen atoms in total. The summed E-state index contributed by atoms with van der Waals surface area (Å²) in [4.78, 5) is 4.38. The lowest BCUT2D eigenvalue weighted by atomic mass is 10.1. The minimum atomic E-state index is 0.591. The number of hydrogen-bond acceptors (Lipinski definition) is 3. The van der Waals surface area contributed by atoms with Crippen LogP contribution in [0.1, 0.15) is 12.0 Å². The molecule has 0 unspecified atom stereocenters. The van der Waals surface area contributed by atoms with Crippen molar-refractivity contribution in [2.45, 2.75) is 12.8 Å². The van der Waals surface area contributed by atoms with Gasteiger partial charge in [0.1, 0.15) is 11.6 Å². The number of nitrogen functional groups attached to an aromatic ring is 1. The lowest BCUT2D eigenvalue weighted by Gasteiger charge is -2.07. The van der Waals surface area contributed by atoms with E-state index in [0.717, 1.165) is 35.1 Å². The lowest BCUT2D eigenvalue weighted by molar-refractivity contribution is 0.415. The van der Waals surface area contributed by atoms with Crippen molar-refractivity contribution >= 4 is 28.3 Å². The molecule has 0 radical (unpaired) electrons. The van der Waals surface area contributed by atoms with Gasteiger partial charge in [-0.2, -0.15) is 0 Å². The average molecular weight is 251 g/mol. The third-order valence-electron chi connectivity index (χ3n) is 2.71. The van der Waals surface area contributed by atoms with Crippen LogP contribution in [0.5, 0.6) is 5.75 Å². The molecule has 0 aliphatic rings. The normalized spacial score (nSPS) is 10.7. The van der Waals surface area contributed by atoms with Crippen molar-refractivity contribution in [3.63, 3.8) is 0 Å². The number of hydrogen-bond donors (Lipinski definition) is 1. The molecule has 1 aromatic carbocycles. The van der Waals surface area contributed by atoms with Gasteiger partial charge in [-0.15, -0.1) is 11.6 Å². The van der Waals surface area contributed by atoms with Crippen LogP contribution in [-0.2, 0) is 6.42 Å². The number of benzene rings is 1. The number of pyridine rings is 1. The van der Waals surface area contributed by atoms with E-state index in [9.17, 15) is 0 Å². The fraction of sp³-hybridized carbons (Fsp3) is 0.308. The highest BCUT2D eigenvalue weighted by Gasteiger charge is 2.05. The predicted molar refractivity (Wildman–Crippen MR) is 71.7 cm³/mol. The molecule has 2 rings (SSSR count). The number of alkyl halides is 1. The number of halogens is 1. The predicted octanol–water partition coefficient (Wildman–Crippen LogP) is 3.00. The highest BCUT2D eigenvalue weighted by Crippen LogP contribution is 2.23. The summed E-state index contributed by atoms with van der Waals surface area (Å²) in [7, 11) is 1.65. The molecule has 1 aromatic heterocycles. The van der Waals surface area contributed by atoms with Crippen molar-refractivity contribution < 1.29 is 4.74 Å². The Hall–Kier alpha value is -1.48. The molecule has 0 amide bonds. The molecule has 0 bridgehead atoms. The summed E-state index contributed by atoms with van der Waals surface area (Å²) < 4.78 is 5.19. The van der Waals surface area contributed by atoms with Crippen molar-refractivity contribution in [1.82, 2.24) is 4.98 Å². The Bertz CT molecular complexity index is 528. The van der Waals surface area contributed by atoms with Crippen LogP contribution in [-0.4, -0.2) is 18.0 Å². The van der Waals surface area contributed by atoms with Gasteiger partial charge in [0.25, 0.3) is 0 Å². The number of ether oxygens (including phenoxy) is 1. The van der Waals surface area contributed by atoms with Crippen molar-refractivity contribution in [2.24, 2.45) is 0 Å². The van der Waals surface area contributed by atoms with Crippen LogP contribution in [0.2, 0.25) is 0 Å². The van der Waals surface area contributed by atoms with Gasteiger partial charge >= 0.3 is 0 Å². The van der Waals surface area contributed by atoms with Crippen molar-refractivity contribution in [3.8, 4) is 5.75 Å². The molecule has 0 aliphatic heterocycles. The molecule has 0 fully saturated rings. The first-order chi connectivity index (χ1) is 8.24. The second-order valence-corrected chi connectivity index (χ2v) is 4.26. The van der Waals surface area contributed by atoms with Gasteiger partial charge in [0.2, 0.25) is 0 Å². The largest absolute Gasteiger partial charge is 0.497 e. The van der Waals surface area contributed by atoms with Crippen LogP contribution in [0.15, 0.2) is 24.3 Å². The zero-order valence-corrected chi connectivity index (χ0v) is 10.5. The van der Waals surface area contributed by atoms with E-state index < -0.39 is 0 Å². The fourth-order valence-corrected chi connectivity index (χ4v) is 1.93. The summed E-state index contributed by atoms with van der Waals surface area (Å²) in [6, 6.07) is 7.82. The van der Waals surface area contributed by atoms with E-state index in [1.807, 2.05) is 18.2 Å². The summed E-state index contributed by atoms with van der Waals surface area (Å²) in [5.74, 6) is 2.05. The maximum absolute atomic E-state index is 5.91. The van der Waals surface area contributed by atoms with Crippen LogP contribution in [0, 0.1) is 0 Å². The molecular weight excluding hydrogens is 236 g/mol. The smallest absolute Gasteiger partial charge is 0.127 e. The first kappa shape index (κ1) is 12.0. The molecule has 90 valence electrons. The summed E-state index contributed by atoms with van der Waals surface area (Å²) in [5, 5.41) is 1.04. The van der Waals surface area contributed by atoms with Gasteiger partial charge in [0, 0.05) is 11.3 Å². The Kier molecular flexibility index (Phi) is 3.69. The topological polar surface area (TPSA) is 48.1 Å². The first-order valence-corrected chi connectivity index (χ1v) is 6.07. The standard InChI is InChI=1S/C13H15ClN2O/c1-17-11-4-5-12-10(8-11)7-9(3-2-6-14)13(15)16-12/h4-5,7-8H,2-3,6H2,1H3,(H2,15,16). The summed E-state index contributed by atoms with van der Waals surface area (Å²) in [6.07, 6.45) is 1.76. The second kappa shape index (κ2) is 5.23.